The summed E-state index contributed by atoms with van der Waals surface area (Å²) in [6.45, 7) is 36.2. The molecular weight excluding hydrogens is 427 g/mol. The van der Waals surface area contributed by atoms with Gasteiger partial charge in [-0.2, -0.15) is 0 Å². The van der Waals surface area contributed by atoms with Crippen LogP contribution in [-0.2, 0) is 5.41 Å². The molecule has 0 aromatic heterocycles. The van der Waals surface area contributed by atoms with Crippen LogP contribution in [0.5, 0.6) is 0 Å². The van der Waals surface area contributed by atoms with Gasteiger partial charge in [-0.3, -0.25) is 0 Å². The summed E-state index contributed by atoms with van der Waals surface area (Å²) in [7, 11) is -0.403. The third-order valence-electron chi connectivity index (χ3n) is 6.75. The first-order valence-electron chi connectivity index (χ1n) is 13.4. The molecule has 0 aliphatic heterocycles. The molecule has 2 aromatic rings. The predicted molar refractivity (Wildman–Crippen MR) is 159 cm³/mol. The van der Waals surface area contributed by atoms with Crippen molar-refractivity contribution in [2.45, 2.75) is 137 Å². The second kappa shape index (κ2) is 10.1. The predicted octanol–water partition coefficient (Wildman–Crippen LogP) is 10.7. The molecule has 0 saturated heterocycles. The van der Waals surface area contributed by atoms with E-state index in [0.29, 0.717) is 17.8 Å². The zero-order valence-corrected chi connectivity index (χ0v) is 26.0. The number of rotatable bonds is 5. The van der Waals surface area contributed by atoms with Crippen LogP contribution in [0.3, 0.4) is 0 Å². The van der Waals surface area contributed by atoms with Gasteiger partial charge >= 0.3 is 0 Å². The van der Waals surface area contributed by atoms with Gasteiger partial charge in [0.05, 0.1) is 0 Å². The minimum atomic E-state index is -0.403. The lowest BCUT2D eigenvalue weighted by molar-refractivity contribution is 0.563. The van der Waals surface area contributed by atoms with Crippen LogP contribution in [0.4, 0.5) is 0 Å². The third-order valence-corrected chi connectivity index (χ3v) is 10.3. The van der Waals surface area contributed by atoms with Crippen molar-refractivity contribution < 1.29 is 0 Å². The van der Waals surface area contributed by atoms with Crippen molar-refractivity contribution in [1.82, 2.24) is 0 Å². The molecule has 2 aromatic carbocycles. The van der Waals surface area contributed by atoms with Crippen molar-refractivity contribution in [3.63, 3.8) is 0 Å². The summed E-state index contributed by atoms with van der Waals surface area (Å²) in [4.78, 5) is 0. The Labute approximate surface area is 214 Å². The number of hydrogen-bond donors (Lipinski definition) is 0. The molecule has 0 bridgehead atoms. The fourth-order valence-electron chi connectivity index (χ4n) is 5.98. The van der Waals surface area contributed by atoms with E-state index in [-0.39, 0.29) is 15.7 Å². The van der Waals surface area contributed by atoms with Crippen molar-refractivity contribution in [3.8, 4) is 11.1 Å². The largest absolute Gasteiger partial charge is 0.0636 e. The molecule has 0 amide bonds. The zero-order chi connectivity index (χ0) is 26.4. The minimum absolute atomic E-state index is 0.0944. The van der Waals surface area contributed by atoms with Gasteiger partial charge in [0.25, 0.3) is 0 Å². The van der Waals surface area contributed by atoms with Crippen molar-refractivity contribution >= 4 is 13.2 Å². The SMILES string of the molecule is CC(C)c1cc(C(C)C)c(C(C)(C)C)c(C(C)C)c1-c1ccccc1P(C(C)(C)C)C(C)(C)C. The van der Waals surface area contributed by atoms with E-state index in [1.165, 1.54) is 22.3 Å². The molecule has 2 rings (SSSR count). The van der Waals surface area contributed by atoms with Crippen LogP contribution in [0.15, 0.2) is 30.3 Å². The Kier molecular flexibility index (Phi) is 8.63. The maximum atomic E-state index is 2.57. The number of benzene rings is 2. The highest BCUT2D eigenvalue weighted by Crippen LogP contribution is 2.60. The van der Waals surface area contributed by atoms with Gasteiger partial charge in [0, 0.05) is 0 Å². The standard InChI is InChI=1S/C33H53P/c1-21(2)25-20-26(22(3)4)30(31(7,8)9)28(23(5)6)29(25)24-18-16-17-19-27(24)34(32(10,11)12)33(13,14)15/h16-23H,1-15H3. The molecule has 0 unspecified atom stereocenters. The molecule has 0 fully saturated rings. The first-order valence-corrected chi connectivity index (χ1v) is 14.7. The fraction of sp³-hybridized carbons (Fsp3) is 0.636. The molecule has 0 N–H and O–H groups in total. The Hall–Kier alpha value is -1.13. The summed E-state index contributed by atoms with van der Waals surface area (Å²) in [5, 5.41) is 2.02. The Morgan fingerprint density at radius 2 is 1.09 bits per heavy atom. The van der Waals surface area contributed by atoms with Gasteiger partial charge in [-0.1, -0.05) is 142 Å². The van der Waals surface area contributed by atoms with E-state index in [9.17, 15) is 0 Å². The van der Waals surface area contributed by atoms with Crippen molar-refractivity contribution in [3.05, 3.63) is 52.6 Å². The summed E-state index contributed by atoms with van der Waals surface area (Å²) in [6.07, 6.45) is 0. The van der Waals surface area contributed by atoms with E-state index < -0.39 is 7.92 Å². The molecule has 0 aliphatic rings. The maximum Gasteiger partial charge on any atom is -0.0101 e. The molecule has 190 valence electrons. The van der Waals surface area contributed by atoms with Gasteiger partial charge in [-0.15, -0.1) is 0 Å². The van der Waals surface area contributed by atoms with Crippen LogP contribution < -0.4 is 5.30 Å². The van der Waals surface area contributed by atoms with Gasteiger partial charge < -0.3 is 0 Å². The molecule has 0 saturated carbocycles. The Morgan fingerprint density at radius 3 is 1.47 bits per heavy atom. The lowest BCUT2D eigenvalue weighted by Gasteiger charge is -2.43. The molecule has 1 heteroatoms. The maximum absolute atomic E-state index is 2.57. The third kappa shape index (κ3) is 5.98. The highest BCUT2D eigenvalue weighted by molar-refractivity contribution is 7.68. The summed E-state index contributed by atoms with van der Waals surface area (Å²) < 4.78 is 0. The smallest absolute Gasteiger partial charge is 0.0101 e. The van der Waals surface area contributed by atoms with Crippen LogP contribution in [0.2, 0.25) is 0 Å². The topological polar surface area (TPSA) is 0 Å². The van der Waals surface area contributed by atoms with Crippen molar-refractivity contribution in [2.24, 2.45) is 0 Å². The fourth-order valence-corrected chi connectivity index (χ4v) is 10.1. The Balaban J connectivity index is 3.19. The molecular formula is C33H53P. The van der Waals surface area contributed by atoms with Crippen LogP contribution in [0.1, 0.15) is 144 Å². The van der Waals surface area contributed by atoms with Gasteiger partial charge in [-0.05, 0) is 72.2 Å². The first kappa shape index (κ1) is 29.1. The molecule has 0 heterocycles. The molecule has 34 heavy (non-hydrogen) atoms. The highest BCUT2D eigenvalue weighted by atomic mass is 31.1. The summed E-state index contributed by atoms with van der Waals surface area (Å²) in [6, 6.07) is 12.0. The van der Waals surface area contributed by atoms with Crippen LogP contribution in [-0.4, -0.2) is 10.3 Å². The van der Waals surface area contributed by atoms with Gasteiger partial charge in [0.15, 0.2) is 0 Å². The minimum Gasteiger partial charge on any atom is -0.0636 e. The molecule has 0 aliphatic carbocycles. The molecule has 0 radical (unpaired) electrons. The van der Waals surface area contributed by atoms with Crippen LogP contribution in [0.25, 0.3) is 11.1 Å². The van der Waals surface area contributed by atoms with Crippen molar-refractivity contribution in [1.29, 1.82) is 0 Å². The quantitative estimate of drug-likeness (QED) is 0.373. The average molecular weight is 481 g/mol. The first-order chi connectivity index (χ1) is 15.3. The lowest BCUT2D eigenvalue weighted by Crippen LogP contribution is -2.32. The van der Waals surface area contributed by atoms with Crippen molar-refractivity contribution in [2.75, 3.05) is 0 Å². The summed E-state index contributed by atoms with van der Waals surface area (Å²) in [5.41, 5.74) is 9.30. The molecule has 0 spiro atoms. The van der Waals surface area contributed by atoms with Gasteiger partial charge in [-0.25, -0.2) is 0 Å². The second-order valence-electron chi connectivity index (χ2n) is 14.1. The average Bonchev–Trinajstić information content (AvgIpc) is 2.63. The van der Waals surface area contributed by atoms with Gasteiger partial charge in [0.2, 0.25) is 0 Å². The monoisotopic (exact) mass is 480 g/mol. The molecule has 0 atom stereocenters. The number of hydrogen-bond acceptors (Lipinski definition) is 0. The van der Waals surface area contributed by atoms with E-state index in [4.69, 9.17) is 0 Å². The summed E-state index contributed by atoms with van der Waals surface area (Å²) >= 11 is 0. The normalized spacial score (nSPS) is 13.6. The summed E-state index contributed by atoms with van der Waals surface area (Å²) in [5.74, 6) is 1.45. The van der Waals surface area contributed by atoms with E-state index in [1.54, 1.807) is 16.4 Å². The van der Waals surface area contributed by atoms with Gasteiger partial charge in [0.1, 0.15) is 0 Å². The van der Waals surface area contributed by atoms with Crippen LogP contribution in [0, 0.1) is 0 Å². The molecule has 0 nitrogen and oxygen atoms in total. The Morgan fingerprint density at radius 1 is 0.618 bits per heavy atom. The van der Waals surface area contributed by atoms with E-state index in [0.717, 1.165) is 0 Å². The van der Waals surface area contributed by atoms with E-state index in [2.05, 4.69) is 134 Å². The second-order valence-corrected chi connectivity index (χ2v) is 18.0. The van der Waals surface area contributed by atoms with E-state index >= 15 is 0 Å². The Bertz CT molecular complexity index is 971. The van der Waals surface area contributed by atoms with E-state index in [1.807, 2.05) is 0 Å². The zero-order valence-electron chi connectivity index (χ0n) is 25.1. The lowest BCUT2D eigenvalue weighted by atomic mass is 9.70. The van der Waals surface area contributed by atoms with Crippen LogP contribution >= 0.6 is 7.92 Å². The highest BCUT2D eigenvalue weighted by Gasteiger charge is 2.38.